The number of hydrogen-bond acceptors (Lipinski definition) is 2. The molecule has 110 valence electrons. The van der Waals surface area contributed by atoms with Gasteiger partial charge < -0.3 is 5.11 Å². The Bertz CT molecular complexity index is 465. The van der Waals surface area contributed by atoms with Gasteiger partial charge in [0.15, 0.2) is 0 Å². The number of halogens is 2. The van der Waals surface area contributed by atoms with E-state index in [0.717, 1.165) is 32.0 Å². The summed E-state index contributed by atoms with van der Waals surface area (Å²) < 4.78 is 26.5. The largest absolute Gasteiger partial charge is 0.481 e. The molecule has 1 aromatic carbocycles. The molecule has 1 aliphatic rings. The van der Waals surface area contributed by atoms with Crippen LogP contribution >= 0.6 is 0 Å². The van der Waals surface area contributed by atoms with Crippen molar-refractivity contribution in [3.8, 4) is 0 Å². The Kier molecular flexibility index (Phi) is 4.70. The summed E-state index contributed by atoms with van der Waals surface area (Å²) in [7, 11) is 0. The quantitative estimate of drug-likeness (QED) is 0.922. The Hall–Kier alpha value is -1.49. The topological polar surface area (TPSA) is 40.5 Å². The van der Waals surface area contributed by atoms with E-state index in [0.29, 0.717) is 5.56 Å². The molecular weight excluding hydrogens is 264 g/mol. The first-order chi connectivity index (χ1) is 9.45. The van der Waals surface area contributed by atoms with Crippen molar-refractivity contribution in [3.05, 3.63) is 35.4 Å². The molecule has 1 unspecified atom stereocenters. The van der Waals surface area contributed by atoms with E-state index in [1.54, 1.807) is 0 Å². The van der Waals surface area contributed by atoms with E-state index in [-0.39, 0.29) is 18.4 Å². The number of aliphatic carboxylic acids is 1. The van der Waals surface area contributed by atoms with Gasteiger partial charge in [0.25, 0.3) is 0 Å². The molecule has 2 rings (SSSR count). The molecule has 0 aromatic heterocycles. The van der Waals surface area contributed by atoms with Gasteiger partial charge in [-0.2, -0.15) is 0 Å². The lowest BCUT2D eigenvalue weighted by Crippen LogP contribution is -2.36. The minimum Gasteiger partial charge on any atom is -0.481 e. The average molecular weight is 283 g/mol. The zero-order valence-electron chi connectivity index (χ0n) is 11.5. The van der Waals surface area contributed by atoms with Gasteiger partial charge in [0.05, 0.1) is 0 Å². The lowest BCUT2D eigenvalue weighted by molar-refractivity contribution is -0.138. The van der Waals surface area contributed by atoms with Crippen LogP contribution in [-0.4, -0.2) is 29.1 Å². The summed E-state index contributed by atoms with van der Waals surface area (Å²) in [4.78, 5) is 12.8. The van der Waals surface area contributed by atoms with Gasteiger partial charge in [-0.25, -0.2) is 8.78 Å². The van der Waals surface area contributed by atoms with Crippen LogP contribution in [0.4, 0.5) is 8.78 Å². The third-order valence-electron chi connectivity index (χ3n) is 4.03. The molecule has 5 heteroatoms. The predicted molar refractivity (Wildman–Crippen MR) is 71.3 cm³/mol. The van der Waals surface area contributed by atoms with Crippen molar-refractivity contribution in [2.45, 2.75) is 32.2 Å². The van der Waals surface area contributed by atoms with E-state index in [4.69, 9.17) is 5.11 Å². The minimum atomic E-state index is -0.760. The number of carboxylic acid groups (broad SMARTS) is 1. The zero-order valence-corrected chi connectivity index (χ0v) is 11.5. The van der Waals surface area contributed by atoms with Gasteiger partial charge in [-0.3, -0.25) is 9.69 Å². The van der Waals surface area contributed by atoms with E-state index < -0.39 is 17.6 Å². The average Bonchev–Trinajstić information content (AvgIpc) is 2.37. The maximum absolute atomic E-state index is 13.2. The minimum absolute atomic E-state index is 0.0639. The lowest BCUT2D eigenvalue weighted by Gasteiger charge is -2.35. The first kappa shape index (κ1) is 14.9. The second-order valence-electron chi connectivity index (χ2n) is 5.46. The molecule has 0 bridgehead atoms. The van der Waals surface area contributed by atoms with Crippen LogP contribution in [0.3, 0.4) is 0 Å². The van der Waals surface area contributed by atoms with Gasteiger partial charge in [0.2, 0.25) is 0 Å². The summed E-state index contributed by atoms with van der Waals surface area (Å²) in [5.74, 6) is -1.68. The molecule has 1 aromatic rings. The fraction of sp³-hybridized carbons (Fsp3) is 0.533. The Labute approximate surface area is 117 Å². The number of rotatable bonds is 4. The third-order valence-corrected chi connectivity index (χ3v) is 4.03. The smallest absolute Gasteiger partial charge is 0.303 e. The second-order valence-corrected chi connectivity index (χ2v) is 5.46. The third kappa shape index (κ3) is 3.76. The monoisotopic (exact) mass is 283 g/mol. The molecule has 1 fully saturated rings. The highest BCUT2D eigenvalue weighted by Crippen LogP contribution is 2.28. The van der Waals surface area contributed by atoms with Gasteiger partial charge >= 0.3 is 5.97 Å². The van der Waals surface area contributed by atoms with Gasteiger partial charge in [-0.1, -0.05) is 0 Å². The highest BCUT2D eigenvalue weighted by molar-refractivity contribution is 5.67. The number of hydrogen-bond donors (Lipinski definition) is 1. The highest BCUT2D eigenvalue weighted by Gasteiger charge is 2.25. The van der Waals surface area contributed by atoms with Gasteiger partial charge in [0, 0.05) is 18.5 Å². The maximum atomic E-state index is 13.2. The molecule has 0 amide bonds. The molecule has 1 aliphatic heterocycles. The fourth-order valence-corrected chi connectivity index (χ4v) is 2.82. The molecule has 1 saturated heterocycles. The Morgan fingerprint density at radius 1 is 1.30 bits per heavy atom. The van der Waals surface area contributed by atoms with Crippen molar-refractivity contribution in [1.82, 2.24) is 4.90 Å². The van der Waals surface area contributed by atoms with Crippen LogP contribution in [0.1, 0.15) is 37.8 Å². The lowest BCUT2D eigenvalue weighted by atomic mass is 9.92. The summed E-state index contributed by atoms with van der Waals surface area (Å²) in [6.07, 6.45) is 1.83. The summed E-state index contributed by atoms with van der Waals surface area (Å²) in [6.45, 7) is 3.44. The maximum Gasteiger partial charge on any atom is 0.303 e. The number of carbonyl (C=O) groups is 1. The molecule has 20 heavy (non-hydrogen) atoms. The molecule has 1 atom stereocenters. The summed E-state index contributed by atoms with van der Waals surface area (Å²) in [6, 6.07) is 3.52. The van der Waals surface area contributed by atoms with E-state index in [9.17, 15) is 13.6 Å². The van der Waals surface area contributed by atoms with Crippen LogP contribution in [0.2, 0.25) is 0 Å². The highest BCUT2D eigenvalue weighted by atomic mass is 19.1. The molecule has 1 N–H and O–H groups in total. The van der Waals surface area contributed by atoms with Crippen molar-refractivity contribution in [2.24, 2.45) is 5.92 Å². The first-order valence-electron chi connectivity index (χ1n) is 6.87. The fourth-order valence-electron chi connectivity index (χ4n) is 2.82. The zero-order chi connectivity index (χ0) is 14.7. The Balaban J connectivity index is 1.97. The van der Waals surface area contributed by atoms with Crippen LogP contribution in [-0.2, 0) is 4.79 Å². The van der Waals surface area contributed by atoms with E-state index in [1.165, 1.54) is 12.1 Å². The van der Waals surface area contributed by atoms with Crippen LogP contribution in [0, 0.1) is 17.6 Å². The van der Waals surface area contributed by atoms with Crippen molar-refractivity contribution in [1.29, 1.82) is 0 Å². The van der Waals surface area contributed by atoms with Crippen molar-refractivity contribution < 1.29 is 18.7 Å². The molecule has 0 aliphatic carbocycles. The molecule has 0 saturated carbocycles. The van der Waals surface area contributed by atoms with Crippen LogP contribution < -0.4 is 0 Å². The van der Waals surface area contributed by atoms with Gasteiger partial charge in [0.1, 0.15) is 11.6 Å². The molecule has 1 heterocycles. The normalized spacial score (nSPS) is 18.9. The predicted octanol–water partition coefficient (Wildman–Crippen LogP) is 3.21. The Morgan fingerprint density at radius 3 is 2.35 bits per heavy atom. The Morgan fingerprint density at radius 2 is 1.85 bits per heavy atom. The van der Waals surface area contributed by atoms with Crippen LogP contribution in [0.25, 0.3) is 0 Å². The van der Waals surface area contributed by atoms with E-state index in [1.807, 2.05) is 6.92 Å². The number of carboxylic acids is 1. The molecular formula is C15H19F2NO2. The van der Waals surface area contributed by atoms with Crippen molar-refractivity contribution in [3.63, 3.8) is 0 Å². The van der Waals surface area contributed by atoms with Crippen molar-refractivity contribution >= 4 is 5.97 Å². The summed E-state index contributed by atoms with van der Waals surface area (Å²) in [5.41, 5.74) is 0.624. The van der Waals surface area contributed by atoms with Crippen LogP contribution in [0.5, 0.6) is 0 Å². The SMILES string of the molecule is CC(c1cc(F)cc(F)c1)N1CCC(CC(=O)O)CC1. The standard InChI is InChI=1S/C15H19F2NO2/c1-10(12-7-13(16)9-14(17)8-12)18-4-2-11(3-5-18)6-15(19)20/h7-11H,2-6H2,1H3,(H,19,20). The number of benzene rings is 1. The van der Waals surface area contributed by atoms with Crippen LogP contribution in [0.15, 0.2) is 18.2 Å². The molecule has 0 radical (unpaired) electrons. The molecule has 0 spiro atoms. The second kappa shape index (κ2) is 6.31. The number of likely N-dealkylation sites (tertiary alicyclic amines) is 1. The van der Waals surface area contributed by atoms with E-state index in [2.05, 4.69) is 4.90 Å². The van der Waals surface area contributed by atoms with Gasteiger partial charge in [-0.05, 0) is 56.5 Å². The number of piperidine rings is 1. The number of nitrogens with zero attached hydrogens (tertiary/aromatic N) is 1. The van der Waals surface area contributed by atoms with Crippen molar-refractivity contribution in [2.75, 3.05) is 13.1 Å². The summed E-state index contributed by atoms with van der Waals surface area (Å²) >= 11 is 0. The van der Waals surface area contributed by atoms with Gasteiger partial charge in [-0.15, -0.1) is 0 Å². The molecule has 3 nitrogen and oxygen atoms in total. The first-order valence-corrected chi connectivity index (χ1v) is 6.87. The summed E-state index contributed by atoms with van der Waals surface area (Å²) in [5, 5.41) is 8.78. The van der Waals surface area contributed by atoms with E-state index >= 15 is 0 Å².